The maximum Gasteiger partial charge on any atom is 0.233 e. The SMILES string of the molecule is NC(=O)C1CCN(C(=O)CSC2=Nc3ccccc3CS2)CC1. The molecule has 0 spiro atoms. The van der Waals surface area contributed by atoms with Crippen LogP contribution in [0.25, 0.3) is 0 Å². The molecule has 23 heavy (non-hydrogen) atoms. The third-order valence-electron chi connectivity index (χ3n) is 4.12. The first kappa shape index (κ1) is 16.4. The zero-order chi connectivity index (χ0) is 16.2. The van der Waals surface area contributed by atoms with Crippen molar-refractivity contribution in [3.8, 4) is 0 Å². The van der Waals surface area contributed by atoms with Crippen molar-refractivity contribution < 1.29 is 9.59 Å². The molecule has 1 aromatic carbocycles. The van der Waals surface area contributed by atoms with Gasteiger partial charge >= 0.3 is 0 Å². The topological polar surface area (TPSA) is 75.8 Å². The number of para-hydroxylation sites is 1. The molecular formula is C16H19N3O2S2. The van der Waals surface area contributed by atoms with Gasteiger partial charge in [-0.25, -0.2) is 4.99 Å². The highest BCUT2D eigenvalue weighted by atomic mass is 32.2. The highest BCUT2D eigenvalue weighted by Crippen LogP contribution is 2.34. The quantitative estimate of drug-likeness (QED) is 0.909. The average Bonchev–Trinajstić information content (AvgIpc) is 2.59. The van der Waals surface area contributed by atoms with Crippen LogP contribution in [0.5, 0.6) is 0 Å². The molecule has 3 rings (SSSR count). The number of hydrogen-bond acceptors (Lipinski definition) is 5. The lowest BCUT2D eigenvalue weighted by Crippen LogP contribution is -2.42. The molecule has 1 saturated heterocycles. The van der Waals surface area contributed by atoms with Gasteiger partial charge in [0.2, 0.25) is 11.8 Å². The van der Waals surface area contributed by atoms with E-state index >= 15 is 0 Å². The van der Waals surface area contributed by atoms with Crippen LogP contribution in [0.15, 0.2) is 29.3 Å². The zero-order valence-corrected chi connectivity index (χ0v) is 14.4. The number of thioether (sulfide) groups is 2. The zero-order valence-electron chi connectivity index (χ0n) is 12.7. The fraction of sp³-hybridized carbons (Fsp3) is 0.438. The van der Waals surface area contributed by atoms with Crippen LogP contribution in [0.2, 0.25) is 0 Å². The molecule has 1 aromatic rings. The van der Waals surface area contributed by atoms with Gasteiger partial charge in [-0.3, -0.25) is 9.59 Å². The maximum absolute atomic E-state index is 12.3. The minimum Gasteiger partial charge on any atom is -0.369 e. The van der Waals surface area contributed by atoms with Crippen molar-refractivity contribution in [2.45, 2.75) is 18.6 Å². The molecule has 0 aliphatic carbocycles. The number of hydrogen-bond donors (Lipinski definition) is 1. The van der Waals surface area contributed by atoms with Crippen LogP contribution in [-0.2, 0) is 15.3 Å². The van der Waals surface area contributed by atoms with E-state index in [9.17, 15) is 9.59 Å². The van der Waals surface area contributed by atoms with Gasteiger partial charge in [-0.2, -0.15) is 0 Å². The standard InChI is InChI=1S/C16H19N3O2S2/c17-15(21)11-5-7-19(8-6-11)14(20)10-23-16-18-13-4-2-1-3-12(13)9-22-16/h1-4,11H,5-10H2,(H2,17,21). The molecular weight excluding hydrogens is 330 g/mol. The Labute approximate surface area is 144 Å². The lowest BCUT2D eigenvalue weighted by atomic mass is 9.96. The first-order valence-electron chi connectivity index (χ1n) is 7.63. The molecule has 2 N–H and O–H groups in total. The van der Waals surface area contributed by atoms with Gasteiger partial charge < -0.3 is 10.6 Å². The number of nitrogens with two attached hydrogens (primary N) is 1. The van der Waals surface area contributed by atoms with Gasteiger partial charge in [0.15, 0.2) is 0 Å². The van der Waals surface area contributed by atoms with E-state index in [0.29, 0.717) is 31.7 Å². The molecule has 2 heterocycles. The molecule has 122 valence electrons. The number of nitrogens with zero attached hydrogens (tertiary/aromatic N) is 2. The van der Waals surface area contributed by atoms with Crippen LogP contribution in [0, 0.1) is 5.92 Å². The molecule has 5 nitrogen and oxygen atoms in total. The largest absolute Gasteiger partial charge is 0.369 e. The van der Waals surface area contributed by atoms with E-state index in [1.165, 1.54) is 17.3 Å². The van der Waals surface area contributed by atoms with Gasteiger partial charge in [-0.05, 0) is 24.5 Å². The molecule has 0 atom stereocenters. The molecule has 0 aromatic heterocycles. The minimum absolute atomic E-state index is 0.0820. The Balaban J connectivity index is 1.50. The summed E-state index contributed by atoms with van der Waals surface area (Å²) in [7, 11) is 0. The van der Waals surface area contributed by atoms with Gasteiger partial charge in [0.05, 0.1) is 11.4 Å². The van der Waals surface area contributed by atoms with E-state index in [4.69, 9.17) is 5.73 Å². The Morgan fingerprint density at radius 1 is 1.30 bits per heavy atom. The molecule has 7 heteroatoms. The first-order valence-corrected chi connectivity index (χ1v) is 9.60. The molecule has 0 saturated carbocycles. The number of amides is 2. The summed E-state index contributed by atoms with van der Waals surface area (Å²) in [6, 6.07) is 8.09. The maximum atomic E-state index is 12.3. The highest BCUT2D eigenvalue weighted by molar-refractivity contribution is 8.38. The van der Waals surface area contributed by atoms with Gasteiger partial charge in [0.1, 0.15) is 4.38 Å². The fourth-order valence-electron chi connectivity index (χ4n) is 2.71. The molecule has 0 bridgehead atoms. The number of primary amides is 1. The Morgan fingerprint density at radius 3 is 2.78 bits per heavy atom. The van der Waals surface area contributed by atoms with Crippen molar-refractivity contribution in [2.75, 3.05) is 18.8 Å². The Morgan fingerprint density at radius 2 is 2.04 bits per heavy atom. The lowest BCUT2D eigenvalue weighted by Gasteiger charge is -2.30. The number of piperidine rings is 1. The van der Waals surface area contributed by atoms with Gasteiger partial charge in [-0.15, -0.1) is 0 Å². The average molecular weight is 349 g/mol. The monoisotopic (exact) mass is 349 g/mol. The van der Waals surface area contributed by atoms with Crippen LogP contribution >= 0.6 is 23.5 Å². The number of aliphatic imine (C=N–C) groups is 1. The summed E-state index contributed by atoms with van der Waals surface area (Å²) < 4.78 is 0.948. The normalized spacial score (nSPS) is 18.3. The number of fused-ring (bicyclic) bond motifs is 1. The minimum atomic E-state index is -0.252. The number of benzene rings is 1. The van der Waals surface area contributed by atoms with Crippen molar-refractivity contribution in [3.63, 3.8) is 0 Å². The first-order chi connectivity index (χ1) is 11.1. The van der Waals surface area contributed by atoms with Crippen LogP contribution in [0.3, 0.4) is 0 Å². The van der Waals surface area contributed by atoms with Crippen molar-refractivity contribution in [3.05, 3.63) is 29.8 Å². The van der Waals surface area contributed by atoms with E-state index in [2.05, 4.69) is 11.1 Å². The number of likely N-dealkylation sites (tertiary alicyclic amines) is 1. The summed E-state index contributed by atoms with van der Waals surface area (Å²) in [5.41, 5.74) is 7.56. The summed E-state index contributed by atoms with van der Waals surface area (Å²) >= 11 is 3.18. The molecule has 2 aliphatic heterocycles. The van der Waals surface area contributed by atoms with Crippen LogP contribution in [-0.4, -0.2) is 39.9 Å². The second-order valence-corrected chi connectivity index (χ2v) is 7.83. The molecule has 2 aliphatic rings. The summed E-state index contributed by atoms with van der Waals surface area (Å²) in [4.78, 5) is 29.9. The molecule has 0 radical (unpaired) electrons. The second-order valence-electron chi connectivity index (χ2n) is 5.64. The number of carbonyl (C=O) groups is 2. The fourth-order valence-corrected chi connectivity index (χ4v) is 4.68. The number of rotatable bonds is 3. The van der Waals surface area contributed by atoms with Crippen molar-refractivity contribution in [2.24, 2.45) is 16.6 Å². The van der Waals surface area contributed by atoms with Gasteiger partial charge in [0, 0.05) is 24.8 Å². The van der Waals surface area contributed by atoms with Crippen molar-refractivity contribution >= 4 is 45.4 Å². The molecule has 2 amide bonds. The van der Waals surface area contributed by atoms with Gasteiger partial charge in [-0.1, -0.05) is 41.7 Å². The predicted octanol–water partition coefficient (Wildman–Crippen LogP) is 2.38. The van der Waals surface area contributed by atoms with Crippen molar-refractivity contribution in [1.82, 2.24) is 4.90 Å². The van der Waals surface area contributed by atoms with E-state index in [0.717, 1.165) is 15.8 Å². The van der Waals surface area contributed by atoms with E-state index in [1.807, 2.05) is 23.1 Å². The lowest BCUT2D eigenvalue weighted by molar-refractivity contribution is -0.132. The Bertz CT molecular complexity index is 640. The van der Waals surface area contributed by atoms with E-state index in [1.54, 1.807) is 11.8 Å². The smallest absolute Gasteiger partial charge is 0.233 e. The Kier molecular flexibility index (Phi) is 5.27. The third-order valence-corrected chi connectivity index (χ3v) is 6.35. The van der Waals surface area contributed by atoms with Crippen LogP contribution in [0.1, 0.15) is 18.4 Å². The number of carbonyl (C=O) groups excluding carboxylic acids is 2. The highest BCUT2D eigenvalue weighted by Gasteiger charge is 2.26. The summed E-state index contributed by atoms with van der Waals surface area (Å²) in [5, 5.41) is 0. The summed E-state index contributed by atoms with van der Waals surface area (Å²) in [5.74, 6) is 1.08. The molecule has 0 unspecified atom stereocenters. The predicted molar refractivity (Wildman–Crippen MR) is 95.8 cm³/mol. The van der Waals surface area contributed by atoms with Gasteiger partial charge in [0.25, 0.3) is 0 Å². The van der Waals surface area contributed by atoms with E-state index in [-0.39, 0.29) is 17.7 Å². The molecule has 1 fully saturated rings. The third kappa shape index (κ3) is 4.09. The second kappa shape index (κ2) is 7.40. The summed E-state index contributed by atoms with van der Waals surface area (Å²) in [6.45, 7) is 1.24. The Hall–Kier alpha value is -1.47. The van der Waals surface area contributed by atoms with E-state index < -0.39 is 0 Å². The van der Waals surface area contributed by atoms with Crippen LogP contribution < -0.4 is 5.73 Å². The van der Waals surface area contributed by atoms with Crippen molar-refractivity contribution in [1.29, 1.82) is 0 Å². The summed E-state index contributed by atoms with van der Waals surface area (Å²) in [6.07, 6.45) is 1.35. The van der Waals surface area contributed by atoms with Crippen LogP contribution in [0.4, 0.5) is 5.69 Å².